The van der Waals surface area contributed by atoms with E-state index in [2.05, 4.69) is 17.0 Å². The second kappa shape index (κ2) is 8.17. The van der Waals surface area contributed by atoms with Crippen molar-refractivity contribution in [3.63, 3.8) is 0 Å². The number of para-hydroxylation sites is 1. The van der Waals surface area contributed by atoms with Gasteiger partial charge in [-0.1, -0.05) is 29.8 Å². The molecule has 1 aliphatic rings. The average Bonchev–Trinajstić information content (AvgIpc) is 3.17. The Labute approximate surface area is 173 Å². The Kier molecular flexibility index (Phi) is 5.45. The molecule has 0 bridgehead atoms. The normalized spacial score (nSPS) is 15.4. The zero-order valence-corrected chi connectivity index (χ0v) is 16.8. The quantitative estimate of drug-likeness (QED) is 0.606. The summed E-state index contributed by atoms with van der Waals surface area (Å²) in [6.45, 7) is 4.22. The van der Waals surface area contributed by atoms with Crippen LogP contribution in [0, 0.1) is 0 Å². The molecule has 0 radical (unpaired) electrons. The second-order valence-electron chi connectivity index (χ2n) is 6.99. The molecule has 29 heavy (non-hydrogen) atoms. The third-order valence-corrected chi connectivity index (χ3v) is 5.26. The van der Waals surface area contributed by atoms with Gasteiger partial charge in [-0.05, 0) is 43.3 Å². The number of anilines is 1. The van der Waals surface area contributed by atoms with Crippen molar-refractivity contribution in [1.82, 2.24) is 4.90 Å². The fraction of sp³-hybridized carbons (Fsp3) is 0.273. The van der Waals surface area contributed by atoms with Crippen LogP contribution in [0.3, 0.4) is 0 Å². The van der Waals surface area contributed by atoms with Crippen LogP contribution in [-0.4, -0.2) is 49.1 Å². The van der Waals surface area contributed by atoms with Crippen molar-refractivity contribution < 1.29 is 18.7 Å². The molecular formula is C22H21ClN2O4. The minimum Gasteiger partial charge on any atom is -0.449 e. The molecule has 3 aromatic rings. The van der Waals surface area contributed by atoms with Gasteiger partial charge in [-0.25, -0.2) is 4.79 Å². The van der Waals surface area contributed by atoms with Crippen molar-refractivity contribution in [2.24, 2.45) is 0 Å². The topological polar surface area (TPSA) is 63.0 Å². The zero-order chi connectivity index (χ0) is 20.4. The van der Waals surface area contributed by atoms with E-state index in [0.29, 0.717) is 29.1 Å². The Balaban J connectivity index is 1.35. The van der Waals surface area contributed by atoms with Gasteiger partial charge >= 0.3 is 5.97 Å². The number of carbonyl (C=O) groups is 2. The summed E-state index contributed by atoms with van der Waals surface area (Å²) in [5.74, 6) is -0.817. The Hall–Kier alpha value is -2.99. The van der Waals surface area contributed by atoms with Crippen LogP contribution in [0.1, 0.15) is 17.5 Å². The van der Waals surface area contributed by atoms with Crippen LogP contribution < -0.4 is 4.90 Å². The monoisotopic (exact) mass is 412 g/mol. The number of ether oxygens (including phenoxy) is 1. The smallest absolute Gasteiger partial charge is 0.375 e. The second-order valence-corrected chi connectivity index (χ2v) is 7.42. The van der Waals surface area contributed by atoms with Gasteiger partial charge in [-0.15, -0.1) is 0 Å². The number of hydrogen-bond acceptors (Lipinski definition) is 5. The summed E-state index contributed by atoms with van der Waals surface area (Å²) in [6.07, 6.45) is -0.887. The van der Waals surface area contributed by atoms with Gasteiger partial charge in [0.25, 0.3) is 5.91 Å². The van der Waals surface area contributed by atoms with Crippen LogP contribution in [-0.2, 0) is 9.53 Å². The molecule has 0 aliphatic carbocycles. The van der Waals surface area contributed by atoms with Gasteiger partial charge in [0, 0.05) is 42.3 Å². The summed E-state index contributed by atoms with van der Waals surface area (Å²) in [7, 11) is 0. The predicted molar refractivity (Wildman–Crippen MR) is 111 cm³/mol. The van der Waals surface area contributed by atoms with Gasteiger partial charge in [0.2, 0.25) is 5.76 Å². The number of benzene rings is 2. The molecule has 1 unspecified atom stereocenters. The summed E-state index contributed by atoms with van der Waals surface area (Å²) in [5.41, 5.74) is 1.68. The Bertz CT molecular complexity index is 1030. The molecule has 1 aromatic heterocycles. The highest BCUT2D eigenvalue weighted by Gasteiger charge is 2.28. The highest BCUT2D eigenvalue weighted by Crippen LogP contribution is 2.24. The summed E-state index contributed by atoms with van der Waals surface area (Å²) >= 11 is 5.96. The van der Waals surface area contributed by atoms with Crippen LogP contribution in [0.15, 0.2) is 59.0 Å². The van der Waals surface area contributed by atoms with Crippen molar-refractivity contribution >= 4 is 40.1 Å². The maximum Gasteiger partial charge on any atom is 0.375 e. The van der Waals surface area contributed by atoms with Gasteiger partial charge < -0.3 is 19.0 Å². The Morgan fingerprint density at radius 3 is 2.48 bits per heavy atom. The molecule has 0 N–H and O–H groups in total. The van der Waals surface area contributed by atoms with Crippen LogP contribution in [0.4, 0.5) is 5.69 Å². The predicted octanol–water partition coefficient (Wildman–Crippen LogP) is 3.98. The molecule has 1 saturated heterocycles. The number of furan rings is 1. The lowest BCUT2D eigenvalue weighted by Gasteiger charge is -2.36. The van der Waals surface area contributed by atoms with E-state index in [1.54, 1.807) is 36.1 Å². The number of amides is 1. The SMILES string of the molecule is CC(OC(=O)c1cc2cc(Cl)ccc2o1)C(=O)N1CCN(c2ccccc2)CC1. The number of piperazine rings is 1. The number of hydrogen-bond donors (Lipinski definition) is 0. The van der Waals surface area contributed by atoms with Crippen molar-refractivity contribution in [1.29, 1.82) is 0 Å². The molecule has 1 fully saturated rings. The summed E-state index contributed by atoms with van der Waals surface area (Å²) in [5, 5.41) is 1.26. The van der Waals surface area contributed by atoms with E-state index < -0.39 is 12.1 Å². The molecule has 7 heteroatoms. The molecular weight excluding hydrogens is 392 g/mol. The fourth-order valence-electron chi connectivity index (χ4n) is 3.46. The van der Waals surface area contributed by atoms with E-state index in [4.69, 9.17) is 20.8 Å². The zero-order valence-electron chi connectivity index (χ0n) is 16.0. The first kappa shape index (κ1) is 19.3. The molecule has 1 atom stereocenters. The lowest BCUT2D eigenvalue weighted by atomic mass is 10.2. The lowest BCUT2D eigenvalue weighted by molar-refractivity contribution is -0.140. The Morgan fingerprint density at radius 1 is 1.03 bits per heavy atom. The standard InChI is InChI=1S/C22H21ClN2O4/c1-15(28-22(27)20-14-16-13-17(23)7-8-19(16)29-20)21(26)25-11-9-24(10-12-25)18-5-3-2-4-6-18/h2-8,13-15H,9-12H2,1H3. The van der Waals surface area contributed by atoms with Gasteiger partial charge in [0.15, 0.2) is 6.10 Å². The van der Waals surface area contributed by atoms with Crippen molar-refractivity contribution in [3.8, 4) is 0 Å². The maximum absolute atomic E-state index is 12.7. The van der Waals surface area contributed by atoms with E-state index in [9.17, 15) is 9.59 Å². The Morgan fingerprint density at radius 2 is 1.76 bits per heavy atom. The number of carbonyl (C=O) groups excluding carboxylic acids is 2. The van der Waals surface area contributed by atoms with Crippen LogP contribution in [0.2, 0.25) is 5.02 Å². The number of rotatable bonds is 4. The van der Waals surface area contributed by atoms with Crippen LogP contribution >= 0.6 is 11.6 Å². The molecule has 2 aromatic carbocycles. The largest absolute Gasteiger partial charge is 0.449 e. The van der Waals surface area contributed by atoms with E-state index >= 15 is 0 Å². The van der Waals surface area contributed by atoms with Crippen molar-refractivity contribution in [3.05, 3.63) is 65.4 Å². The molecule has 0 spiro atoms. The third-order valence-electron chi connectivity index (χ3n) is 5.02. The highest BCUT2D eigenvalue weighted by molar-refractivity contribution is 6.31. The number of esters is 1. The van der Waals surface area contributed by atoms with Gasteiger partial charge in [0.05, 0.1) is 0 Å². The first-order valence-corrected chi connectivity index (χ1v) is 9.88. The maximum atomic E-state index is 12.7. The van der Waals surface area contributed by atoms with Crippen LogP contribution in [0.25, 0.3) is 11.0 Å². The number of halogens is 1. The van der Waals surface area contributed by atoms with Gasteiger partial charge in [0.1, 0.15) is 5.58 Å². The molecule has 0 saturated carbocycles. The number of nitrogens with zero attached hydrogens (tertiary/aromatic N) is 2. The van der Waals surface area contributed by atoms with E-state index in [0.717, 1.165) is 18.8 Å². The van der Waals surface area contributed by atoms with E-state index in [1.165, 1.54) is 0 Å². The van der Waals surface area contributed by atoms with E-state index in [-0.39, 0.29) is 11.7 Å². The minimum absolute atomic E-state index is 0.0517. The fourth-order valence-corrected chi connectivity index (χ4v) is 3.65. The molecule has 4 rings (SSSR count). The summed E-state index contributed by atoms with van der Waals surface area (Å²) in [6, 6.07) is 16.7. The molecule has 1 aliphatic heterocycles. The third kappa shape index (κ3) is 4.22. The first-order valence-electron chi connectivity index (χ1n) is 9.50. The van der Waals surface area contributed by atoms with Crippen molar-refractivity contribution in [2.45, 2.75) is 13.0 Å². The molecule has 1 amide bonds. The first-order chi connectivity index (χ1) is 14.0. The molecule has 2 heterocycles. The molecule has 6 nitrogen and oxygen atoms in total. The van der Waals surface area contributed by atoms with Crippen LogP contribution in [0.5, 0.6) is 0 Å². The summed E-state index contributed by atoms with van der Waals surface area (Å²) < 4.78 is 10.9. The van der Waals surface area contributed by atoms with Gasteiger partial charge in [-0.2, -0.15) is 0 Å². The lowest BCUT2D eigenvalue weighted by Crippen LogP contribution is -2.51. The minimum atomic E-state index is -0.887. The highest BCUT2D eigenvalue weighted by atomic mass is 35.5. The van der Waals surface area contributed by atoms with E-state index in [1.807, 2.05) is 18.2 Å². The average molecular weight is 413 g/mol. The summed E-state index contributed by atoms with van der Waals surface area (Å²) in [4.78, 5) is 29.1. The molecule has 150 valence electrons. The number of fused-ring (bicyclic) bond motifs is 1. The van der Waals surface area contributed by atoms with Crippen molar-refractivity contribution in [2.75, 3.05) is 31.1 Å². The van der Waals surface area contributed by atoms with Gasteiger partial charge in [-0.3, -0.25) is 4.79 Å².